The number of aliphatic hydroxyl groups excluding tert-OH is 1. The molecule has 25 heavy (non-hydrogen) atoms. The highest BCUT2D eigenvalue weighted by Crippen LogP contribution is 2.38. The fourth-order valence-corrected chi connectivity index (χ4v) is 1.88. The Bertz CT molecular complexity index is 857. The fraction of sp³-hybridized carbons (Fsp3) is 0.250. The lowest BCUT2D eigenvalue weighted by atomic mass is 10.1. The Morgan fingerprint density at radius 3 is 2.48 bits per heavy atom. The molecule has 0 heterocycles. The number of hydrogen-bond acceptors (Lipinski definition) is 7. The predicted octanol–water partition coefficient (Wildman–Crippen LogP) is 1.67. The normalized spacial score (nSPS) is 12.1. The van der Waals surface area contributed by atoms with Crippen LogP contribution < -0.4 is 0 Å². The zero-order chi connectivity index (χ0) is 19.3. The van der Waals surface area contributed by atoms with Crippen molar-refractivity contribution in [1.29, 1.82) is 5.26 Å². The molecule has 0 aliphatic rings. The molecule has 1 aromatic rings. The molecule has 0 aliphatic carbocycles. The number of nitro benzene ring substituents is 1. The topological polar surface area (TPSA) is 148 Å². The SMILES string of the molecule is CC#CC(C)N(C)C(=O)/C(C#N)=C(\O)c1cc(O)c(O)c([N+](=O)[O-])c1. The van der Waals surface area contributed by atoms with Crippen LogP contribution in [0.4, 0.5) is 5.69 Å². The second kappa shape index (κ2) is 7.70. The van der Waals surface area contributed by atoms with E-state index in [0.717, 1.165) is 17.0 Å². The number of nitriles is 1. The van der Waals surface area contributed by atoms with Gasteiger partial charge in [0.2, 0.25) is 5.75 Å². The van der Waals surface area contributed by atoms with Gasteiger partial charge in [0.25, 0.3) is 5.91 Å². The first-order chi connectivity index (χ1) is 11.6. The molecule has 1 unspecified atom stereocenters. The van der Waals surface area contributed by atoms with Crippen LogP contribution in [-0.2, 0) is 4.79 Å². The van der Waals surface area contributed by atoms with E-state index >= 15 is 0 Å². The molecule has 0 bridgehead atoms. The molecule has 1 aromatic carbocycles. The van der Waals surface area contributed by atoms with E-state index in [9.17, 15) is 35.5 Å². The molecule has 130 valence electrons. The summed E-state index contributed by atoms with van der Waals surface area (Å²) in [5, 5.41) is 49.3. The smallest absolute Gasteiger partial charge is 0.315 e. The number of aromatic hydroxyl groups is 2. The number of nitro groups is 1. The third kappa shape index (κ3) is 3.98. The average molecular weight is 345 g/mol. The van der Waals surface area contributed by atoms with Gasteiger partial charge in [-0.15, -0.1) is 5.92 Å². The third-order valence-corrected chi connectivity index (χ3v) is 3.36. The number of carbonyl (C=O) groups excluding carboxylic acids is 1. The first kappa shape index (κ1) is 19.3. The minimum Gasteiger partial charge on any atom is -0.506 e. The van der Waals surface area contributed by atoms with Crippen LogP contribution in [0.2, 0.25) is 0 Å². The van der Waals surface area contributed by atoms with Crippen molar-refractivity contribution in [3.63, 3.8) is 0 Å². The lowest BCUT2D eigenvalue weighted by Gasteiger charge is -2.20. The first-order valence-corrected chi connectivity index (χ1v) is 6.89. The molecule has 0 spiro atoms. The van der Waals surface area contributed by atoms with Gasteiger partial charge in [0.15, 0.2) is 11.3 Å². The van der Waals surface area contributed by atoms with E-state index in [1.807, 2.05) is 0 Å². The highest BCUT2D eigenvalue weighted by Gasteiger charge is 2.26. The molecule has 9 nitrogen and oxygen atoms in total. The van der Waals surface area contributed by atoms with E-state index in [0.29, 0.717) is 0 Å². The summed E-state index contributed by atoms with van der Waals surface area (Å²) in [6.07, 6.45) is 0. The molecule has 0 aromatic heterocycles. The molecule has 0 radical (unpaired) electrons. The molecule has 0 saturated heterocycles. The average Bonchev–Trinajstić information content (AvgIpc) is 2.56. The number of phenolic OH excluding ortho intramolecular Hbond substituents is 2. The number of nitrogens with zero attached hydrogens (tertiary/aromatic N) is 3. The van der Waals surface area contributed by atoms with Crippen LogP contribution in [0.25, 0.3) is 5.76 Å². The van der Waals surface area contributed by atoms with Crippen LogP contribution in [0, 0.1) is 33.3 Å². The zero-order valence-corrected chi connectivity index (χ0v) is 13.6. The van der Waals surface area contributed by atoms with Crippen LogP contribution in [0.15, 0.2) is 17.7 Å². The Balaban J connectivity index is 3.48. The van der Waals surface area contributed by atoms with Crippen LogP contribution >= 0.6 is 0 Å². The summed E-state index contributed by atoms with van der Waals surface area (Å²) in [7, 11) is 1.37. The van der Waals surface area contributed by atoms with Gasteiger partial charge in [0.05, 0.1) is 11.0 Å². The van der Waals surface area contributed by atoms with Crippen LogP contribution in [-0.4, -0.2) is 44.1 Å². The number of benzene rings is 1. The van der Waals surface area contributed by atoms with Gasteiger partial charge in [-0.05, 0) is 19.9 Å². The van der Waals surface area contributed by atoms with Gasteiger partial charge in [0.1, 0.15) is 11.8 Å². The van der Waals surface area contributed by atoms with Crippen LogP contribution in [0.1, 0.15) is 19.4 Å². The van der Waals surface area contributed by atoms with Crippen molar-refractivity contribution in [1.82, 2.24) is 4.90 Å². The van der Waals surface area contributed by atoms with E-state index in [4.69, 9.17) is 0 Å². The molecule has 0 aliphatic heterocycles. The Morgan fingerprint density at radius 1 is 1.40 bits per heavy atom. The van der Waals surface area contributed by atoms with Gasteiger partial charge in [-0.25, -0.2) is 0 Å². The number of rotatable bonds is 4. The molecule has 1 rings (SSSR count). The lowest BCUT2D eigenvalue weighted by Crippen LogP contribution is -2.35. The minimum atomic E-state index is -0.990. The monoisotopic (exact) mass is 345 g/mol. The summed E-state index contributed by atoms with van der Waals surface area (Å²) in [5.41, 5.74) is -1.94. The second-order valence-electron chi connectivity index (χ2n) is 4.94. The number of carbonyl (C=O) groups is 1. The van der Waals surface area contributed by atoms with E-state index in [2.05, 4.69) is 11.8 Å². The Hall–Kier alpha value is -3.72. The summed E-state index contributed by atoms with van der Waals surface area (Å²) < 4.78 is 0. The minimum absolute atomic E-state index is 0.366. The highest BCUT2D eigenvalue weighted by molar-refractivity contribution is 6.03. The number of hydrogen-bond donors (Lipinski definition) is 3. The molecule has 0 saturated carbocycles. The van der Waals surface area contributed by atoms with Gasteiger partial charge < -0.3 is 20.2 Å². The number of phenols is 2. The standard InChI is InChI=1S/C16H15N3O6/c1-4-5-9(2)18(3)16(23)11(8-17)14(21)10-6-12(19(24)25)15(22)13(20)7-10/h6-7,9,20-22H,1-3H3/b14-11-. The van der Waals surface area contributed by atoms with Crippen molar-refractivity contribution in [3.05, 3.63) is 33.4 Å². The maximum atomic E-state index is 12.3. The Morgan fingerprint density at radius 2 is 2.00 bits per heavy atom. The van der Waals surface area contributed by atoms with Gasteiger partial charge in [-0.2, -0.15) is 5.26 Å². The number of amides is 1. The van der Waals surface area contributed by atoms with Crippen LogP contribution in [0.5, 0.6) is 11.5 Å². The van der Waals surface area contributed by atoms with Gasteiger partial charge >= 0.3 is 5.69 Å². The largest absolute Gasteiger partial charge is 0.506 e. The maximum Gasteiger partial charge on any atom is 0.315 e. The molecule has 0 fully saturated rings. The van der Waals surface area contributed by atoms with Crippen LogP contribution in [0.3, 0.4) is 0 Å². The fourth-order valence-electron chi connectivity index (χ4n) is 1.88. The van der Waals surface area contributed by atoms with Crippen molar-refractivity contribution in [2.45, 2.75) is 19.9 Å². The molecular formula is C16H15N3O6. The molecule has 3 N–H and O–H groups in total. The van der Waals surface area contributed by atoms with Gasteiger partial charge in [-0.1, -0.05) is 5.92 Å². The quantitative estimate of drug-likeness (QED) is 0.143. The van der Waals surface area contributed by atoms with Gasteiger partial charge in [-0.3, -0.25) is 14.9 Å². The summed E-state index contributed by atoms with van der Waals surface area (Å²) >= 11 is 0. The van der Waals surface area contributed by atoms with Crippen molar-refractivity contribution in [3.8, 4) is 29.4 Å². The molecular weight excluding hydrogens is 330 g/mol. The van der Waals surface area contributed by atoms with E-state index in [1.165, 1.54) is 13.1 Å². The lowest BCUT2D eigenvalue weighted by molar-refractivity contribution is -0.386. The van der Waals surface area contributed by atoms with Crippen molar-refractivity contribution in [2.75, 3.05) is 7.05 Å². The molecule has 1 atom stereocenters. The number of likely N-dealkylation sites (N-methyl/N-ethyl adjacent to an activating group) is 1. The van der Waals surface area contributed by atoms with Gasteiger partial charge in [0, 0.05) is 18.7 Å². The number of aliphatic hydroxyl groups is 1. The van der Waals surface area contributed by atoms with E-state index in [-0.39, 0.29) is 5.56 Å². The third-order valence-electron chi connectivity index (χ3n) is 3.36. The highest BCUT2D eigenvalue weighted by atomic mass is 16.6. The van der Waals surface area contributed by atoms with Crippen molar-refractivity contribution < 1.29 is 25.0 Å². The zero-order valence-electron chi connectivity index (χ0n) is 13.6. The Labute approximate surface area is 143 Å². The predicted molar refractivity (Wildman–Crippen MR) is 87.3 cm³/mol. The van der Waals surface area contributed by atoms with Crippen molar-refractivity contribution >= 4 is 17.4 Å². The Kier molecular flexibility index (Phi) is 5.96. The van der Waals surface area contributed by atoms with E-state index < -0.39 is 45.4 Å². The summed E-state index contributed by atoms with van der Waals surface area (Å²) in [6.45, 7) is 3.18. The second-order valence-corrected chi connectivity index (χ2v) is 4.94. The summed E-state index contributed by atoms with van der Waals surface area (Å²) in [5.74, 6) is 1.73. The maximum absolute atomic E-state index is 12.3. The van der Waals surface area contributed by atoms with Crippen molar-refractivity contribution in [2.24, 2.45) is 0 Å². The molecule has 9 heteroatoms. The van der Waals surface area contributed by atoms with E-state index in [1.54, 1.807) is 13.8 Å². The first-order valence-electron chi connectivity index (χ1n) is 6.89. The summed E-state index contributed by atoms with van der Waals surface area (Å²) in [6, 6.07) is 2.54. The molecule has 1 amide bonds. The summed E-state index contributed by atoms with van der Waals surface area (Å²) in [4.78, 5) is 23.4.